The lowest BCUT2D eigenvalue weighted by molar-refractivity contribution is -0.136. The third kappa shape index (κ3) is 3.27. The van der Waals surface area contributed by atoms with Crippen molar-refractivity contribution in [2.24, 2.45) is 0 Å². The number of hydrogen-bond acceptors (Lipinski definition) is 1. The molecule has 0 saturated heterocycles. The first kappa shape index (κ1) is 12.1. The van der Waals surface area contributed by atoms with Crippen LogP contribution in [-0.4, -0.2) is 11.1 Å². The third-order valence-electron chi connectivity index (χ3n) is 1.98. The Labute approximate surface area is 94.0 Å². The van der Waals surface area contributed by atoms with E-state index in [1.165, 1.54) is 12.1 Å². The van der Waals surface area contributed by atoms with E-state index in [2.05, 4.69) is 15.9 Å². The highest BCUT2D eigenvalue weighted by Crippen LogP contribution is 2.29. The molecule has 1 N–H and O–H groups in total. The van der Waals surface area contributed by atoms with Crippen molar-refractivity contribution >= 4 is 21.9 Å². The molecular weight excluding hydrogens is 270 g/mol. The van der Waals surface area contributed by atoms with Crippen LogP contribution in [0.15, 0.2) is 22.7 Å². The third-order valence-corrected chi connectivity index (χ3v) is 2.72. The molecule has 82 valence electrons. The van der Waals surface area contributed by atoms with Crippen LogP contribution < -0.4 is 0 Å². The van der Waals surface area contributed by atoms with Gasteiger partial charge in [-0.05, 0) is 18.1 Å². The monoisotopic (exact) mass is 278 g/mol. The Morgan fingerprint density at radius 2 is 2.13 bits per heavy atom. The average Bonchev–Trinajstić information content (AvgIpc) is 2.15. The number of hydrogen-bond donors (Lipinski definition) is 1. The molecule has 2 nitrogen and oxygen atoms in total. The summed E-state index contributed by atoms with van der Waals surface area (Å²) in [6, 6.07) is 4.45. The summed E-state index contributed by atoms with van der Waals surface area (Å²) in [6.07, 6.45) is -2.62. The van der Waals surface area contributed by atoms with Crippen LogP contribution in [0.3, 0.4) is 0 Å². The van der Waals surface area contributed by atoms with Gasteiger partial charge in [0.15, 0.2) is 0 Å². The van der Waals surface area contributed by atoms with Gasteiger partial charge in [-0.2, -0.15) is 0 Å². The second-order valence-corrected chi connectivity index (χ2v) is 3.86. The van der Waals surface area contributed by atoms with E-state index in [1.54, 1.807) is 6.07 Å². The van der Waals surface area contributed by atoms with Crippen LogP contribution in [0, 0.1) is 0 Å². The van der Waals surface area contributed by atoms with Gasteiger partial charge in [-0.25, -0.2) is 8.78 Å². The number of carboxylic acid groups (broad SMARTS) is 1. The predicted octanol–water partition coefficient (Wildman–Crippen LogP) is 3.40. The van der Waals surface area contributed by atoms with Gasteiger partial charge in [-0.1, -0.05) is 28.1 Å². The molecule has 0 atom stereocenters. The topological polar surface area (TPSA) is 37.3 Å². The molecule has 15 heavy (non-hydrogen) atoms. The summed E-state index contributed by atoms with van der Waals surface area (Å²) in [5, 5.41) is 8.49. The molecule has 0 heterocycles. The molecule has 0 radical (unpaired) electrons. The van der Waals surface area contributed by atoms with Gasteiger partial charge in [0.25, 0.3) is 6.43 Å². The summed E-state index contributed by atoms with van der Waals surface area (Å²) in [5.41, 5.74) is 0.264. The summed E-state index contributed by atoms with van der Waals surface area (Å²) in [7, 11) is 0. The second-order valence-electron chi connectivity index (χ2n) is 3.00. The number of benzene rings is 1. The molecule has 1 aromatic rings. The summed E-state index contributed by atoms with van der Waals surface area (Å²) in [6.45, 7) is 0. The van der Waals surface area contributed by atoms with E-state index in [0.717, 1.165) is 0 Å². The van der Waals surface area contributed by atoms with Crippen molar-refractivity contribution in [1.82, 2.24) is 0 Å². The van der Waals surface area contributed by atoms with Crippen molar-refractivity contribution in [3.05, 3.63) is 33.8 Å². The van der Waals surface area contributed by atoms with Crippen LogP contribution in [0.25, 0.3) is 0 Å². The molecule has 1 aromatic carbocycles. The molecular formula is C10H9BrF2O2. The minimum atomic E-state index is -2.58. The predicted molar refractivity (Wildman–Crippen MR) is 55.1 cm³/mol. The van der Waals surface area contributed by atoms with E-state index in [4.69, 9.17) is 5.11 Å². The number of alkyl halides is 2. The van der Waals surface area contributed by atoms with Gasteiger partial charge in [0.1, 0.15) is 0 Å². The highest BCUT2D eigenvalue weighted by Gasteiger charge is 2.15. The first-order valence-corrected chi connectivity index (χ1v) is 5.09. The molecule has 0 aliphatic rings. The van der Waals surface area contributed by atoms with Crippen molar-refractivity contribution in [2.45, 2.75) is 19.3 Å². The number of carboxylic acids is 1. The maximum atomic E-state index is 12.6. The fraction of sp³-hybridized carbons (Fsp3) is 0.300. The fourth-order valence-electron chi connectivity index (χ4n) is 1.28. The minimum absolute atomic E-state index is 0.106. The second kappa shape index (κ2) is 5.21. The molecule has 0 aromatic heterocycles. The van der Waals surface area contributed by atoms with Gasteiger partial charge in [0, 0.05) is 16.5 Å². The van der Waals surface area contributed by atoms with E-state index in [1.807, 2.05) is 0 Å². The van der Waals surface area contributed by atoms with Crippen LogP contribution >= 0.6 is 15.9 Å². The Morgan fingerprint density at radius 3 is 2.67 bits per heavy atom. The first-order chi connectivity index (χ1) is 7.02. The summed E-state index contributed by atoms with van der Waals surface area (Å²) in [5.74, 6) is -0.994. The number of carbonyl (C=O) groups is 1. The Morgan fingerprint density at radius 1 is 1.47 bits per heavy atom. The molecule has 0 spiro atoms. The van der Waals surface area contributed by atoms with E-state index in [0.29, 0.717) is 10.0 Å². The molecule has 0 saturated carbocycles. The summed E-state index contributed by atoms with van der Waals surface area (Å²) < 4.78 is 25.7. The van der Waals surface area contributed by atoms with Crippen molar-refractivity contribution in [2.75, 3.05) is 0 Å². The quantitative estimate of drug-likeness (QED) is 0.917. The molecule has 1 rings (SSSR count). The number of aliphatic carboxylic acids is 1. The van der Waals surface area contributed by atoms with Crippen LogP contribution in [0.1, 0.15) is 24.0 Å². The fourth-order valence-corrected chi connectivity index (χ4v) is 1.86. The van der Waals surface area contributed by atoms with Gasteiger partial charge in [0.05, 0.1) is 0 Å². The molecule has 0 unspecified atom stereocenters. The lowest BCUT2D eigenvalue weighted by atomic mass is 10.0. The van der Waals surface area contributed by atoms with Crippen molar-refractivity contribution in [3.8, 4) is 0 Å². The van der Waals surface area contributed by atoms with E-state index in [-0.39, 0.29) is 18.4 Å². The Balaban J connectivity index is 2.97. The normalized spacial score (nSPS) is 10.7. The largest absolute Gasteiger partial charge is 0.481 e. The Bertz CT molecular complexity index is 366. The van der Waals surface area contributed by atoms with E-state index < -0.39 is 12.4 Å². The van der Waals surface area contributed by atoms with Gasteiger partial charge >= 0.3 is 5.97 Å². The zero-order chi connectivity index (χ0) is 11.4. The van der Waals surface area contributed by atoms with Crippen LogP contribution in [0.2, 0.25) is 0 Å². The zero-order valence-electron chi connectivity index (χ0n) is 7.71. The SMILES string of the molecule is O=C(O)CCc1c(Br)cccc1C(F)F. The minimum Gasteiger partial charge on any atom is -0.481 e. The first-order valence-electron chi connectivity index (χ1n) is 4.29. The van der Waals surface area contributed by atoms with Gasteiger partial charge in [0.2, 0.25) is 0 Å². The van der Waals surface area contributed by atoms with Crippen molar-refractivity contribution < 1.29 is 18.7 Å². The van der Waals surface area contributed by atoms with E-state index in [9.17, 15) is 13.6 Å². The standard InChI is InChI=1S/C10H9BrF2O2/c11-8-3-1-2-7(10(12)13)6(8)4-5-9(14)15/h1-3,10H,4-5H2,(H,14,15). The zero-order valence-corrected chi connectivity index (χ0v) is 9.30. The average molecular weight is 279 g/mol. The molecule has 5 heteroatoms. The Hall–Kier alpha value is -0.970. The molecule has 0 fully saturated rings. The summed E-state index contributed by atoms with van der Waals surface area (Å²) in [4.78, 5) is 10.4. The van der Waals surface area contributed by atoms with Crippen LogP contribution in [0.5, 0.6) is 0 Å². The van der Waals surface area contributed by atoms with Gasteiger partial charge in [-0.3, -0.25) is 4.79 Å². The van der Waals surface area contributed by atoms with E-state index >= 15 is 0 Å². The molecule has 0 amide bonds. The molecule has 0 aliphatic carbocycles. The summed E-state index contributed by atoms with van der Waals surface area (Å²) >= 11 is 3.14. The van der Waals surface area contributed by atoms with Gasteiger partial charge < -0.3 is 5.11 Å². The highest BCUT2D eigenvalue weighted by atomic mass is 79.9. The number of rotatable bonds is 4. The molecule has 0 aliphatic heterocycles. The van der Waals surface area contributed by atoms with Crippen molar-refractivity contribution in [3.63, 3.8) is 0 Å². The van der Waals surface area contributed by atoms with Gasteiger partial charge in [-0.15, -0.1) is 0 Å². The van der Waals surface area contributed by atoms with Crippen molar-refractivity contribution in [1.29, 1.82) is 0 Å². The lowest BCUT2D eigenvalue weighted by Crippen LogP contribution is -2.01. The smallest absolute Gasteiger partial charge is 0.303 e. The van der Waals surface area contributed by atoms with Crippen LogP contribution in [-0.2, 0) is 11.2 Å². The maximum Gasteiger partial charge on any atom is 0.303 e. The highest BCUT2D eigenvalue weighted by molar-refractivity contribution is 9.10. The Kier molecular flexibility index (Phi) is 4.20. The number of halogens is 3. The molecule has 0 bridgehead atoms. The van der Waals surface area contributed by atoms with Crippen LogP contribution in [0.4, 0.5) is 8.78 Å². The lowest BCUT2D eigenvalue weighted by Gasteiger charge is -2.09. The maximum absolute atomic E-state index is 12.6.